The largest absolute Gasteiger partial charge is 0.314 e. The summed E-state index contributed by atoms with van der Waals surface area (Å²) in [5.74, 6) is -1.05. The molecule has 2 aromatic carbocycles. The minimum Gasteiger partial charge on any atom is -0.314 e. The average Bonchev–Trinajstić information content (AvgIpc) is 2.37. The van der Waals surface area contributed by atoms with E-state index in [-0.39, 0.29) is 6.04 Å². The molecule has 0 aliphatic rings. The molecule has 1 N–H and O–H groups in total. The Bertz CT molecular complexity index is 581. The van der Waals surface area contributed by atoms with Gasteiger partial charge in [0, 0.05) is 16.6 Å². The third-order valence-electron chi connectivity index (χ3n) is 3.27. The highest BCUT2D eigenvalue weighted by Gasteiger charge is 2.11. The summed E-state index contributed by atoms with van der Waals surface area (Å²) in [5.41, 5.74) is 1.86. The molecule has 0 saturated carbocycles. The minimum absolute atomic E-state index is 0.144. The van der Waals surface area contributed by atoms with Crippen molar-refractivity contribution in [2.24, 2.45) is 0 Å². The molecule has 1 atom stereocenters. The fraction of sp³-hybridized carbons (Fsp3) is 0.294. The van der Waals surface area contributed by atoms with Crippen molar-refractivity contribution >= 4 is 15.9 Å². The quantitative estimate of drug-likeness (QED) is 0.806. The third kappa shape index (κ3) is 5.21. The van der Waals surface area contributed by atoms with Crippen LogP contribution in [0.2, 0.25) is 0 Å². The molecule has 1 unspecified atom stereocenters. The molecular formula is C17H18BrF2N. The number of halogens is 3. The van der Waals surface area contributed by atoms with Gasteiger partial charge in [0.25, 0.3) is 0 Å². The van der Waals surface area contributed by atoms with Crippen LogP contribution in [0, 0.1) is 11.6 Å². The highest BCUT2D eigenvalue weighted by atomic mass is 79.9. The van der Waals surface area contributed by atoms with Crippen LogP contribution in [0.3, 0.4) is 0 Å². The van der Waals surface area contributed by atoms with E-state index >= 15 is 0 Å². The van der Waals surface area contributed by atoms with E-state index in [1.165, 1.54) is 17.7 Å². The van der Waals surface area contributed by atoms with Crippen molar-refractivity contribution in [3.05, 3.63) is 69.7 Å². The molecule has 2 rings (SSSR count). The number of rotatable bonds is 6. The fourth-order valence-electron chi connectivity index (χ4n) is 2.47. The molecule has 0 amide bonds. The first kappa shape index (κ1) is 16.1. The summed E-state index contributed by atoms with van der Waals surface area (Å²) in [7, 11) is 0. The van der Waals surface area contributed by atoms with Gasteiger partial charge in [0.05, 0.1) is 0 Å². The molecule has 0 bridgehead atoms. The van der Waals surface area contributed by atoms with Crippen LogP contribution in [-0.2, 0) is 12.8 Å². The Labute approximate surface area is 132 Å². The molecule has 0 aliphatic heterocycles. The summed E-state index contributed by atoms with van der Waals surface area (Å²) >= 11 is 3.46. The topological polar surface area (TPSA) is 12.0 Å². The number of hydrogen-bond donors (Lipinski definition) is 1. The zero-order valence-corrected chi connectivity index (χ0v) is 13.5. The molecule has 0 spiro atoms. The van der Waals surface area contributed by atoms with Crippen molar-refractivity contribution in [3.8, 4) is 0 Å². The maximum Gasteiger partial charge on any atom is 0.126 e. The van der Waals surface area contributed by atoms with E-state index < -0.39 is 11.6 Å². The molecule has 112 valence electrons. The van der Waals surface area contributed by atoms with E-state index in [1.54, 1.807) is 0 Å². The van der Waals surface area contributed by atoms with E-state index in [1.807, 2.05) is 19.1 Å². The van der Waals surface area contributed by atoms with Gasteiger partial charge in [-0.25, -0.2) is 8.78 Å². The fourth-order valence-corrected chi connectivity index (χ4v) is 2.91. The van der Waals surface area contributed by atoms with Gasteiger partial charge in [-0.15, -0.1) is 0 Å². The Balaban J connectivity index is 2.11. The molecule has 0 saturated heterocycles. The first-order chi connectivity index (χ1) is 10.1. The summed E-state index contributed by atoms with van der Waals surface area (Å²) < 4.78 is 27.6. The van der Waals surface area contributed by atoms with E-state index in [4.69, 9.17) is 0 Å². The number of benzene rings is 2. The van der Waals surface area contributed by atoms with Crippen molar-refractivity contribution in [2.75, 3.05) is 6.54 Å². The predicted molar refractivity (Wildman–Crippen MR) is 85.4 cm³/mol. The Morgan fingerprint density at radius 3 is 2.29 bits per heavy atom. The third-order valence-corrected chi connectivity index (χ3v) is 3.76. The van der Waals surface area contributed by atoms with Crippen molar-refractivity contribution in [1.29, 1.82) is 0 Å². The Morgan fingerprint density at radius 1 is 1.00 bits per heavy atom. The summed E-state index contributed by atoms with van der Waals surface area (Å²) in [6.07, 6.45) is 1.40. The SMILES string of the molecule is CCNC(Cc1cc(F)cc(F)c1)Cc1cccc(Br)c1. The lowest BCUT2D eigenvalue weighted by molar-refractivity contribution is 0.515. The Morgan fingerprint density at radius 2 is 1.67 bits per heavy atom. The molecule has 0 aromatic heterocycles. The summed E-state index contributed by atoms with van der Waals surface area (Å²) in [6, 6.07) is 11.9. The van der Waals surface area contributed by atoms with Gasteiger partial charge in [0.2, 0.25) is 0 Å². The van der Waals surface area contributed by atoms with Gasteiger partial charge in [0.15, 0.2) is 0 Å². The lowest BCUT2D eigenvalue weighted by atomic mass is 9.99. The standard InChI is InChI=1S/C17H18BrF2N/c1-2-21-17(9-12-4-3-5-14(18)6-12)10-13-7-15(19)11-16(20)8-13/h3-8,11,17,21H,2,9-10H2,1H3. The first-order valence-electron chi connectivity index (χ1n) is 6.99. The van der Waals surface area contributed by atoms with Crippen LogP contribution in [0.15, 0.2) is 46.9 Å². The van der Waals surface area contributed by atoms with Gasteiger partial charge in [-0.3, -0.25) is 0 Å². The van der Waals surface area contributed by atoms with Crippen molar-refractivity contribution in [3.63, 3.8) is 0 Å². The van der Waals surface area contributed by atoms with Crippen LogP contribution in [0.25, 0.3) is 0 Å². The van der Waals surface area contributed by atoms with Crippen LogP contribution in [0.1, 0.15) is 18.1 Å². The number of hydrogen-bond acceptors (Lipinski definition) is 1. The normalized spacial score (nSPS) is 12.4. The summed E-state index contributed by atoms with van der Waals surface area (Å²) in [4.78, 5) is 0. The monoisotopic (exact) mass is 353 g/mol. The van der Waals surface area contributed by atoms with Crippen LogP contribution < -0.4 is 5.32 Å². The van der Waals surface area contributed by atoms with E-state index in [2.05, 4.69) is 33.4 Å². The summed E-state index contributed by atoms with van der Waals surface area (Å²) in [5, 5.41) is 3.38. The molecule has 21 heavy (non-hydrogen) atoms. The van der Waals surface area contributed by atoms with E-state index in [0.717, 1.165) is 23.5 Å². The Hall–Kier alpha value is -1.26. The van der Waals surface area contributed by atoms with Crippen LogP contribution in [-0.4, -0.2) is 12.6 Å². The van der Waals surface area contributed by atoms with E-state index in [0.29, 0.717) is 12.0 Å². The molecule has 1 nitrogen and oxygen atoms in total. The van der Waals surface area contributed by atoms with Gasteiger partial charge in [-0.2, -0.15) is 0 Å². The zero-order valence-electron chi connectivity index (χ0n) is 11.9. The maximum atomic E-state index is 13.3. The molecule has 2 aromatic rings. The van der Waals surface area contributed by atoms with Crippen LogP contribution in [0.4, 0.5) is 8.78 Å². The van der Waals surface area contributed by atoms with Crippen LogP contribution >= 0.6 is 15.9 Å². The average molecular weight is 354 g/mol. The maximum absolute atomic E-state index is 13.3. The molecule has 0 aliphatic carbocycles. The lowest BCUT2D eigenvalue weighted by Gasteiger charge is -2.18. The van der Waals surface area contributed by atoms with Gasteiger partial charge < -0.3 is 5.32 Å². The van der Waals surface area contributed by atoms with Gasteiger partial charge in [-0.1, -0.05) is 35.0 Å². The first-order valence-corrected chi connectivity index (χ1v) is 7.79. The highest BCUT2D eigenvalue weighted by Crippen LogP contribution is 2.16. The number of nitrogens with one attached hydrogen (secondary N) is 1. The summed E-state index contributed by atoms with van der Waals surface area (Å²) in [6.45, 7) is 2.84. The predicted octanol–water partition coefficient (Wildman–Crippen LogP) is 4.49. The smallest absolute Gasteiger partial charge is 0.126 e. The van der Waals surface area contributed by atoms with Crippen molar-refractivity contribution in [1.82, 2.24) is 5.32 Å². The second-order valence-corrected chi connectivity index (χ2v) is 5.99. The molecule has 0 fully saturated rings. The van der Waals surface area contributed by atoms with Crippen molar-refractivity contribution < 1.29 is 8.78 Å². The molecule has 4 heteroatoms. The zero-order chi connectivity index (χ0) is 15.2. The number of likely N-dealkylation sites (N-methyl/N-ethyl adjacent to an activating group) is 1. The van der Waals surface area contributed by atoms with Gasteiger partial charge >= 0.3 is 0 Å². The van der Waals surface area contributed by atoms with Gasteiger partial charge in [-0.05, 0) is 54.8 Å². The lowest BCUT2D eigenvalue weighted by Crippen LogP contribution is -2.33. The second kappa shape index (κ2) is 7.66. The van der Waals surface area contributed by atoms with Crippen molar-refractivity contribution in [2.45, 2.75) is 25.8 Å². The molecule has 0 radical (unpaired) electrons. The van der Waals surface area contributed by atoms with Gasteiger partial charge in [0.1, 0.15) is 11.6 Å². The molecule has 0 heterocycles. The highest BCUT2D eigenvalue weighted by molar-refractivity contribution is 9.10. The Kier molecular flexibility index (Phi) is 5.88. The van der Waals surface area contributed by atoms with E-state index in [9.17, 15) is 8.78 Å². The molecular weight excluding hydrogens is 336 g/mol. The minimum atomic E-state index is -0.525. The second-order valence-electron chi connectivity index (χ2n) is 5.07. The van der Waals surface area contributed by atoms with Crippen LogP contribution in [0.5, 0.6) is 0 Å².